The van der Waals surface area contributed by atoms with Crippen LogP contribution in [0.2, 0.25) is 0 Å². The van der Waals surface area contributed by atoms with Crippen molar-refractivity contribution in [1.29, 1.82) is 5.26 Å². The van der Waals surface area contributed by atoms with E-state index in [4.69, 9.17) is 5.26 Å². The van der Waals surface area contributed by atoms with Crippen molar-refractivity contribution in [2.45, 2.75) is 27.7 Å². The lowest BCUT2D eigenvalue weighted by molar-refractivity contribution is 0.252. The number of sulfonamides is 1. The van der Waals surface area contributed by atoms with Gasteiger partial charge in [0.2, 0.25) is 10.0 Å². The van der Waals surface area contributed by atoms with Crippen LogP contribution >= 0.6 is 0 Å². The standard InChI is InChI=1S/C9H18N2O2S/c1-8(2)9(3,4)7-11-14(12,13)6-5-10/h8,11H,6-7H2,1-4H3. The quantitative estimate of drug-likeness (QED) is 0.751. The van der Waals surface area contributed by atoms with Crippen LogP contribution in [-0.2, 0) is 10.0 Å². The number of hydrogen-bond acceptors (Lipinski definition) is 3. The number of rotatable bonds is 5. The van der Waals surface area contributed by atoms with E-state index >= 15 is 0 Å². The summed E-state index contributed by atoms with van der Waals surface area (Å²) >= 11 is 0. The summed E-state index contributed by atoms with van der Waals surface area (Å²) in [6.07, 6.45) is 0. The minimum atomic E-state index is -3.41. The first kappa shape index (κ1) is 13.4. The highest BCUT2D eigenvalue weighted by atomic mass is 32.2. The van der Waals surface area contributed by atoms with E-state index in [1.165, 1.54) is 0 Å². The van der Waals surface area contributed by atoms with Gasteiger partial charge in [0.05, 0.1) is 6.07 Å². The molecule has 0 unspecified atom stereocenters. The maximum atomic E-state index is 11.2. The summed E-state index contributed by atoms with van der Waals surface area (Å²) in [5.74, 6) is -0.0893. The molecule has 0 rings (SSSR count). The number of hydrogen-bond donors (Lipinski definition) is 1. The van der Waals surface area contributed by atoms with Crippen molar-refractivity contribution in [2.75, 3.05) is 12.3 Å². The summed E-state index contributed by atoms with van der Waals surface area (Å²) in [6.45, 7) is 8.44. The minimum Gasteiger partial charge on any atom is -0.214 e. The van der Waals surface area contributed by atoms with Gasteiger partial charge in [0.1, 0.15) is 0 Å². The van der Waals surface area contributed by atoms with Gasteiger partial charge in [0, 0.05) is 6.54 Å². The molecule has 0 fully saturated rings. The Morgan fingerprint density at radius 1 is 1.43 bits per heavy atom. The van der Waals surface area contributed by atoms with Gasteiger partial charge in [-0.15, -0.1) is 0 Å². The highest BCUT2D eigenvalue weighted by Gasteiger charge is 2.24. The maximum absolute atomic E-state index is 11.2. The van der Waals surface area contributed by atoms with Crippen LogP contribution in [0.1, 0.15) is 27.7 Å². The highest BCUT2D eigenvalue weighted by molar-refractivity contribution is 7.89. The van der Waals surface area contributed by atoms with Crippen LogP contribution in [0.25, 0.3) is 0 Å². The molecule has 0 aliphatic rings. The van der Waals surface area contributed by atoms with E-state index in [1.807, 2.05) is 27.7 Å². The highest BCUT2D eigenvalue weighted by Crippen LogP contribution is 2.24. The molecule has 0 spiro atoms. The molecular weight excluding hydrogens is 200 g/mol. The second-order valence-corrected chi connectivity index (χ2v) is 6.19. The Morgan fingerprint density at radius 2 is 1.93 bits per heavy atom. The van der Waals surface area contributed by atoms with Crippen molar-refractivity contribution in [3.05, 3.63) is 0 Å². The Balaban J connectivity index is 4.27. The van der Waals surface area contributed by atoms with Gasteiger partial charge in [-0.1, -0.05) is 27.7 Å². The Morgan fingerprint density at radius 3 is 2.29 bits per heavy atom. The molecule has 0 radical (unpaired) electrons. The van der Waals surface area contributed by atoms with Crippen molar-refractivity contribution >= 4 is 10.0 Å². The molecule has 0 aromatic carbocycles. The van der Waals surface area contributed by atoms with Gasteiger partial charge < -0.3 is 0 Å². The molecular formula is C9H18N2O2S. The summed E-state index contributed by atoms with van der Waals surface area (Å²) in [5.41, 5.74) is -0.0947. The molecule has 5 heteroatoms. The van der Waals surface area contributed by atoms with Gasteiger partial charge in [-0.3, -0.25) is 0 Å². The molecule has 1 N–H and O–H groups in total. The predicted molar refractivity (Wildman–Crippen MR) is 56.0 cm³/mol. The molecule has 0 heterocycles. The van der Waals surface area contributed by atoms with Crippen molar-refractivity contribution in [3.63, 3.8) is 0 Å². The van der Waals surface area contributed by atoms with Gasteiger partial charge >= 0.3 is 0 Å². The fourth-order valence-electron chi connectivity index (χ4n) is 0.636. The van der Waals surface area contributed by atoms with Crippen molar-refractivity contribution in [3.8, 4) is 6.07 Å². The molecule has 0 saturated heterocycles. The van der Waals surface area contributed by atoms with Gasteiger partial charge in [0.25, 0.3) is 0 Å². The van der Waals surface area contributed by atoms with Crippen LogP contribution in [0.3, 0.4) is 0 Å². The average molecular weight is 218 g/mol. The molecule has 0 amide bonds. The van der Waals surface area contributed by atoms with Crippen LogP contribution in [0.4, 0.5) is 0 Å². The topological polar surface area (TPSA) is 70.0 Å². The molecule has 0 saturated carbocycles. The SMILES string of the molecule is CC(C)C(C)(C)CNS(=O)(=O)CC#N. The molecule has 0 aliphatic carbocycles. The van der Waals surface area contributed by atoms with Crippen molar-refractivity contribution < 1.29 is 8.42 Å². The van der Waals surface area contributed by atoms with Crippen LogP contribution in [0.15, 0.2) is 0 Å². The second kappa shape index (κ2) is 4.76. The monoisotopic (exact) mass is 218 g/mol. The third-order valence-corrected chi connectivity index (χ3v) is 3.66. The van der Waals surface area contributed by atoms with E-state index < -0.39 is 15.8 Å². The Hall–Kier alpha value is -0.600. The summed E-state index contributed by atoms with van der Waals surface area (Å²) in [5, 5.41) is 8.27. The largest absolute Gasteiger partial charge is 0.225 e. The second-order valence-electron chi connectivity index (χ2n) is 4.38. The van der Waals surface area contributed by atoms with Crippen LogP contribution in [0.5, 0.6) is 0 Å². The molecule has 0 aliphatic heterocycles. The molecule has 82 valence electrons. The molecule has 0 aromatic heterocycles. The van der Waals surface area contributed by atoms with E-state index in [0.717, 1.165) is 0 Å². The zero-order valence-corrected chi connectivity index (χ0v) is 9.98. The molecule has 0 bridgehead atoms. The van der Waals surface area contributed by atoms with Crippen LogP contribution in [0, 0.1) is 22.7 Å². The normalized spacial score (nSPS) is 12.9. The zero-order valence-electron chi connectivity index (χ0n) is 9.16. The fraction of sp³-hybridized carbons (Fsp3) is 0.889. The lowest BCUT2D eigenvalue weighted by Gasteiger charge is -2.29. The van der Waals surface area contributed by atoms with Crippen LogP contribution < -0.4 is 4.72 Å². The van der Waals surface area contributed by atoms with E-state index in [2.05, 4.69) is 4.72 Å². The minimum absolute atomic E-state index is 0.0947. The predicted octanol–water partition coefficient (Wildman–Crippen LogP) is 1.11. The number of nitrogens with zero attached hydrogens (tertiary/aromatic N) is 1. The Bertz CT molecular complexity index is 312. The summed E-state index contributed by atoms with van der Waals surface area (Å²) in [6, 6.07) is 1.62. The third kappa shape index (κ3) is 4.58. The maximum Gasteiger partial charge on any atom is 0.225 e. The molecule has 0 aromatic rings. The Labute approximate surface area is 86.4 Å². The van der Waals surface area contributed by atoms with Gasteiger partial charge in [0.15, 0.2) is 5.75 Å². The van der Waals surface area contributed by atoms with E-state index in [1.54, 1.807) is 6.07 Å². The van der Waals surface area contributed by atoms with E-state index in [-0.39, 0.29) is 5.41 Å². The molecule has 0 atom stereocenters. The van der Waals surface area contributed by atoms with Crippen molar-refractivity contribution in [2.24, 2.45) is 11.3 Å². The number of nitrogens with one attached hydrogen (secondary N) is 1. The lowest BCUT2D eigenvalue weighted by Crippen LogP contribution is -2.37. The first-order chi connectivity index (χ1) is 6.21. The number of nitriles is 1. The summed E-state index contributed by atoms with van der Waals surface area (Å²) in [7, 11) is -3.41. The van der Waals surface area contributed by atoms with E-state index in [9.17, 15) is 8.42 Å². The smallest absolute Gasteiger partial charge is 0.214 e. The van der Waals surface area contributed by atoms with E-state index in [0.29, 0.717) is 12.5 Å². The average Bonchev–Trinajstić information content (AvgIpc) is 2.01. The molecule has 14 heavy (non-hydrogen) atoms. The first-order valence-corrected chi connectivity index (χ1v) is 6.21. The lowest BCUT2D eigenvalue weighted by atomic mass is 9.81. The zero-order chi connectivity index (χ0) is 11.4. The fourth-order valence-corrected chi connectivity index (χ4v) is 1.50. The summed E-state index contributed by atoms with van der Waals surface area (Å²) in [4.78, 5) is 0. The molecule has 4 nitrogen and oxygen atoms in total. The Kier molecular flexibility index (Phi) is 4.56. The van der Waals surface area contributed by atoms with Crippen LogP contribution in [-0.4, -0.2) is 20.7 Å². The summed E-state index contributed by atoms with van der Waals surface area (Å²) < 4.78 is 24.8. The van der Waals surface area contributed by atoms with Gasteiger partial charge in [-0.25, -0.2) is 13.1 Å². The first-order valence-electron chi connectivity index (χ1n) is 4.55. The third-order valence-electron chi connectivity index (χ3n) is 2.57. The van der Waals surface area contributed by atoms with Gasteiger partial charge in [-0.2, -0.15) is 5.26 Å². The van der Waals surface area contributed by atoms with Gasteiger partial charge in [-0.05, 0) is 11.3 Å². The van der Waals surface area contributed by atoms with Crippen molar-refractivity contribution in [1.82, 2.24) is 4.72 Å².